The van der Waals surface area contributed by atoms with Crippen LogP contribution >= 0.6 is 0 Å². The molecule has 0 saturated heterocycles. The van der Waals surface area contributed by atoms with Gasteiger partial charge in [0.1, 0.15) is 0 Å². The first kappa shape index (κ1) is 25.7. The minimum atomic E-state index is -3.00. The second kappa shape index (κ2) is 13.8. The molecule has 0 atom stereocenters. The zero-order valence-corrected chi connectivity index (χ0v) is 20.7. The summed E-state index contributed by atoms with van der Waals surface area (Å²) in [6.45, 7) is 15.2. The molecule has 0 amide bonds. The summed E-state index contributed by atoms with van der Waals surface area (Å²) in [5.41, 5.74) is 0. The molecule has 1 aliphatic rings. The molecule has 0 radical (unpaired) electrons. The first-order valence-corrected chi connectivity index (χ1v) is 14.3. The zero-order chi connectivity index (χ0) is 20.9. The molecule has 0 aliphatic heterocycles. The Morgan fingerprint density at radius 2 is 1.07 bits per heavy atom. The quantitative estimate of drug-likeness (QED) is 0.374. The molecule has 8 heteroatoms. The Kier molecular flexibility index (Phi) is 12.7. The van der Waals surface area contributed by atoms with Crippen LogP contribution in [-0.4, -0.2) is 57.3 Å². The third kappa shape index (κ3) is 6.88. The van der Waals surface area contributed by atoms with E-state index in [0.717, 1.165) is 36.1 Å². The van der Waals surface area contributed by atoms with Crippen LogP contribution in [0.4, 0.5) is 0 Å². The number of rotatable bonds is 14. The molecule has 28 heavy (non-hydrogen) atoms. The highest BCUT2D eigenvalue weighted by atomic mass is 28.4. The molecule has 0 saturated carbocycles. The van der Waals surface area contributed by atoms with Gasteiger partial charge in [0.2, 0.25) is 0 Å². The predicted octanol–water partition coefficient (Wildman–Crippen LogP) is 4.59. The van der Waals surface area contributed by atoms with Gasteiger partial charge in [0.15, 0.2) is 0 Å². The smallest absolute Gasteiger partial charge is 0.370 e. The van der Waals surface area contributed by atoms with Crippen molar-refractivity contribution in [3.63, 3.8) is 0 Å². The molecule has 1 aliphatic carbocycles. The summed E-state index contributed by atoms with van der Waals surface area (Å²) in [4.78, 5) is 0. The topological polar surface area (TPSA) is 55.4 Å². The molecule has 0 aromatic rings. The van der Waals surface area contributed by atoms with Crippen molar-refractivity contribution in [2.24, 2.45) is 0 Å². The molecule has 0 bridgehead atoms. The fraction of sp³-hybridized carbons (Fsp3) is 0.800. The molecular weight excluding hydrogens is 392 g/mol. The van der Waals surface area contributed by atoms with Crippen LogP contribution in [0.3, 0.4) is 0 Å². The van der Waals surface area contributed by atoms with E-state index in [1.165, 1.54) is 0 Å². The standard InChI is InChI=1S/C20H40O6Si2/c1-7-21-27(22-8-2,23-9-3)19-16-14-13-15-17-20(18-19)28(24-10-4,25-11-5)26-12-6/h16,18H,7-15,17H2,1-6H3/b19-16+,20-18+. The maximum absolute atomic E-state index is 6.18. The van der Waals surface area contributed by atoms with Gasteiger partial charge in [-0.15, -0.1) is 0 Å². The molecule has 6 nitrogen and oxygen atoms in total. The highest BCUT2D eigenvalue weighted by Crippen LogP contribution is 2.32. The SMILES string of the molecule is CCO[Si](OCC)(OCC)C1=C/CCCC/C([Si](OCC)(OCC)OCC)=C\1. The summed E-state index contributed by atoms with van der Waals surface area (Å²) in [5.74, 6) is 0. The fourth-order valence-corrected chi connectivity index (χ4v) is 8.95. The van der Waals surface area contributed by atoms with E-state index in [2.05, 4.69) is 12.2 Å². The lowest BCUT2D eigenvalue weighted by atomic mass is 10.1. The van der Waals surface area contributed by atoms with Crippen molar-refractivity contribution in [3.05, 3.63) is 22.5 Å². The van der Waals surface area contributed by atoms with E-state index < -0.39 is 17.6 Å². The van der Waals surface area contributed by atoms with Crippen molar-refractivity contribution >= 4 is 17.6 Å². The summed E-state index contributed by atoms with van der Waals surface area (Å²) >= 11 is 0. The number of allylic oxidation sites excluding steroid dienone is 4. The average molecular weight is 433 g/mol. The van der Waals surface area contributed by atoms with Gasteiger partial charge in [-0.1, -0.05) is 12.2 Å². The van der Waals surface area contributed by atoms with Crippen molar-refractivity contribution in [1.29, 1.82) is 0 Å². The Hall–Kier alpha value is -0.326. The van der Waals surface area contributed by atoms with Crippen LogP contribution in [0.25, 0.3) is 0 Å². The Labute approximate surface area is 173 Å². The molecule has 0 aromatic carbocycles. The normalized spacial score (nSPS) is 20.1. The largest absolute Gasteiger partial charge is 0.536 e. The average Bonchev–Trinajstić information content (AvgIpc) is 2.62. The van der Waals surface area contributed by atoms with Crippen LogP contribution < -0.4 is 0 Å². The van der Waals surface area contributed by atoms with Gasteiger partial charge in [-0.05, 0) is 67.2 Å². The summed E-state index contributed by atoms with van der Waals surface area (Å²) in [7, 11) is -5.96. The summed E-state index contributed by atoms with van der Waals surface area (Å²) < 4.78 is 37.0. The molecule has 1 rings (SSSR count). The van der Waals surface area contributed by atoms with Gasteiger partial charge in [0.05, 0.1) is 0 Å². The number of hydrogen-bond acceptors (Lipinski definition) is 6. The van der Waals surface area contributed by atoms with E-state index in [4.69, 9.17) is 26.6 Å². The minimum Gasteiger partial charge on any atom is -0.370 e. The van der Waals surface area contributed by atoms with Crippen LogP contribution in [0.2, 0.25) is 0 Å². The van der Waals surface area contributed by atoms with Gasteiger partial charge in [-0.25, -0.2) is 0 Å². The minimum absolute atomic E-state index is 0.539. The highest BCUT2D eigenvalue weighted by molar-refractivity contribution is 6.72. The molecule has 0 unspecified atom stereocenters. The van der Waals surface area contributed by atoms with Gasteiger partial charge in [0, 0.05) is 50.0 Å². The second-order valence-corrected chi connectivity index (χ2v) is 11.5. The van der Waals surface area contributed by atoms with Crippen LogP contribution in [0, 0.1) is 0 Å². The van der Waals surface area contributed by atoms with Crippen molar-refractivity contribution < 1.29 is 26.6 Å². The van der Waals surface area contributed by atoms with Gasteiger partial charge < -0.3 is 26.6 Å². The van der Waals surface area contributed by atoms with E-state index in [9.17, 15) is 0 Å². The van der Waals surface area contributed by atoms with Crippen molar-refractivity contribution in [2.45, 2.75) is 67.2 Å². The molecular formula is C20H40O6Si2. The molecule has 164 valence electrons. The first-order chi connectivity index (χ1) is 13.6. The Morgan fingerprint density at radius 1 is 0.643 bits per heavy atom. The van der Waals surface area contributed by atoms with Crippen molar-refractivity contribution in [2.75, 3.05) is 39.6 Å². The van der Waals surface area contributed by atoms with E-state index in [0.29, 0.717) is 39.6 Å². The maximum atomic E-state index is 6.18. The lowest BCUT2D eigenvalue weighted by molar-refractivity contribution is 0.0790. The fourth-order valence-electron chi connectivity index (χ4n) is 3.41. The third-order valence-electron chi connectivity index (χ3n) is 4.35. The summed E-state index contributed by atoms with van der Waals surface area (Å²) in [5, 5.41) is 2.10. The molecule has 0 heterocycles. The summed E-state index contributed by atoms with van der Waals surface area (Å²) in [6, 6.07) is 0. The maximum Gasteiger partial charge on any atom is 0.536 e. The van der Waals surface area contributed by atoms with Gasteiger partial charge in [0.25, 0.3) is 0 Å². The van der Waals surface area contributed by atoms with Crippen molar-refractivity contribution in [3.8, 4) is 0 Å². The van der Waals surface area contributed by atoms with Crippen LogP contribution in [0.5, 0.6) is 0 Å². The lowest BCUT2D eigenvalue weighted by Crippen LogP contribution is -2.51. The lowest BCUT2D eigenvalue weighted by Gasteiger charge is -2.34. The predicted molar refractivity (Wildman–Crippen MR) is 116 cm³/mol. The number of hydrogen-bond donors (Lipinski definition) is 0. The van der Waals surface area contributed by atoms with E-state index in [1.54, 1.807) is 0 Å². The van der Waals surface area contributed by atoms with Crippen LogP contribution in [-0.2, 0) is 26.6 Å². The van der Waals surface area contributed by atoms with Gasteiger partial charge in [-0.2, -0.15) is 0 Å². The van der Waals surface area contributed by atoms with Gasteiger partial charge in [-0.3, -0.25) is 0 Å². The Morgan fingerprint density at radius 3 is 1.50 bits per heavy atom. The first-order valence-electron chi connectivity index (χ1n) is 10.8. The van der Waals surface area contributed by atoms with Crippen LogP contribution in [0.15, 0.2) is 22.5 Å². The molecule has 0 aromatic heterocycles. The molecule has 0 spiro atoms. The Bertz CT molecular complexity index is 461. The third-order valence-corrected chi connectivity index (χ3v) is 10.6. The van der Waals surface area contributed by atoms with Crippen molar-refractivity contribution in [1.82, 2.24) is 0 Å². The van der Waals surface area contributed by atoms with Crippen LogP contribution in [0.1, 0.15) is 67.2 Å². The van der Waals surface area contributed by atoms with E-state index in [-0.39, 0.29) is 0 Å². The summed E-state index contributed by atoms with van der Waals surface area (Å²) in [6.07, 6.45) is 8.40. The van der Waals surface area contributed by atoms with E-state index in [1.807, 2.05) is 41.5 Å². The second-order valence-electron chi connectivity index (χ2n) is 6.29. The highest BCUT2D eigenvalue weighted by Gasteiger charge is 2.49. The monoisotopic (exact) mass is 432 g/mol. The zero-order valence-electron chi connectivity index (χ0n) is 18.7. The van der Waals surface area contributed by atoms with E-state index >= 15 is 0 Å². The van der Waals surface area contributed by atoms with Gasteiger partial charge >= 0.3 is 17.6 Å². The molecule has 0 N–H and O–H groups in total. The molecule has 0 fully saturated rings. The Balaban J connectivity index is 3.49.